The van der Waals surface area contributed by atoms with Crippen LogP contribution < -0.4 is 11.1 Å². The minimum Gasteiger partial charge on any atom is -0.366 e. The number of primary amides is 1. The third kappa shape index (κ3) is 5.45. The van der Waals surface area contributed by atoms with Gasteiger partial charge in [-0.1, -0.05) is 43.4 Å². The van der Waals surface area contributed by atoms with Crippen LogP contribution in [0.25, 0.3) is 17.2 Å². The summed E-state index contributed by atoms with van der Waals surface area (Å²) in [6.07, 6.45) is 9.13. The van der Waals surface area contributed by atoms with Gasteiger partial charge in [0, 0.05) is 29.9 Å². The van der Waals surface area contributed by atoms with Crippen molar-refractivity contribution in [3.8, 4) is 11.1 Å². The van der Waals surface area contributed by atoms with Crippen LogP contribution in [0.4, 0.5) is 5.69 Å². The predicted molar refractivity (Wildman–Crippen MR) is 149 cm³/mol. The smallest absolute Gasteiger partial charge is 0.250 e. The summed E-state index contributed by atoms with van der Waals surface area (Å²) in [5.74, 6) is -0.611. The van der Waals surface area contributed by atoms with E-state index in [2.05, 4.69) is 11.4 Å². The number of carbonyl (C=O) groups is 2. The van der Waals surface area contributed by atoms with Crippen molar-refractivity contribution >= 4 is 33.6 Å². The molecule has 0 spiro atoms. The van der Waals surface area contributed by atoms with Crippen LogP contribution in [0.1, 0.15) is 53.7 Å². The van der Waals surface area contributed by atoms with Crippen molar-refractivity contribution in [3.63, 3.8) is 0 Å². The van der Waals surface area contributed by atoms with Gasteiger partial charge in [-0.25, -0.2) is 8.42 Å². The lowest BCUT2D eigenvalue weighted by molar-refractivity contribution is -0.112. The molecule has 0 saturated carbocycles. The Hall–Kier alpha value is -3.49. The molecular weight excluding hydrogens is 486 g/mol. The van der Waals surface area contributed by atoms with Gasteiger partial charge in [0.2, 0.25) is 15.9 Å². The van der Waals surface area contributed by atoms with E-state index in [1.54, 1.807) is 13.0 Å². The summed E-state index contributed by atoms with van der Waals surface area (Å²) < 4.78 is 25.3. The molecule has 0 fully saturated rings. The standard InChI is InChI=1S/C29H33N3O4S/c1-5-7-18(2)29(34)31-27-9-6-8-22(19(27)3)23-10-11-24(28(30)33)26-17-21(16-25(23)26)20-12-14-32(15-13-20)37(4,35)36/h6-12,16H,5,13-15,17H2,1-4H3,(H2,30,33)(H,31,34)/b18-7+. The second kappa shape index (κ2) is 10.5. The quantitative estimate of drug-likeness (QED) is 0.522. The number of fused-ring (bicyclic) bond motifs is 1. The van der Waals surface area contributed by atoms with Gasteiger partial charge in [-0.05, 0) is 84.2 Å². The number of amides is 2. The Morgan fingerprint density at radius 2 is 1.89 bits per heavy atom. The third-order valence-electron chi connectivity index (χ3n) is 7.10. The topological polar surface area (TPSA) is 110 Å². The Labute approximate surface area is 218 Å². The van der Waals surface area contributed by atoms with Crippen molar-refractivity contribution in [2.75, 3.05) is 24.7 Å². The Bertz CT molecular complexity index is 1480. The average Bonchev–Trinajstić information content (AvgIpc) is 3.30. The molecule has 0 unspecified atom stereocenters. The molecule has 0 radical (unpaired) electrons. The fourth-order valence-electron chi connectivity index (χ4n) is 5.03. The minimum atomic E-state index is -3.24. The molecule has 37 heavy (non-hydrogen) atoms. The molecule has 0 aromatic heterocycles. The molecule has 7 nitrogen and oxygen atoms in total. The molecule has 1 aliphatic carbocycles. The normalized spacial score (nSPS) is 16.2. The number of nitrogens with two attached hydrogens (primary N) is 1. The van der Waals surface area contributed by atoms with E-state index in [1.165, 1.54) is 10.6 Å². The van der Waals surface area contributed by atoms with E-state index in [-0.39, 0.29) is 5.91 Å². The molecule has 2 aliphatic rings. The number of anilines is 1. The predicted octanol–water partition coefficient (Wildman–Crippen LogP) is 4.59. The SMILES string of the molecule is CC/C=C(\C)C(=O)Nc1cccc(-c2ccc(C(N)=O)c3c2C=C(C2=CCN(S(C)(=O)=O)CC2)C3)c1C. The molecule has 1 heterocycles. The van der Waals surface area contributed by atoms with E-state index in [0.29, 0.717) is 37.1 Å². The second-order valence-corrected chi connectivity index (χ2v) is 11.6. The molecule has 8 heteroatoms. The number of hydrogen-bond donors (Lipinski definition) is 2. The van der Waals surface area contributed by atoms with Crippen LogP contribution in [-0.2, 0) is 21.2 Å². The fraction of sp³-hybridized carbons (Fsp3) is 0.310. The molecule has 2 aromatic carbocycles. The van der Waals surface area contributed by atoms with Gasteiger partial charge < -0.3 is 11.1 Å². The van der Waals surface area contributed by atoms with Crippen LogP contribution in [0.2, 0.25) is 0 Å². The molecule has 0 atom stereocenters. The summed E-state index contributed by atoms with van der Waals surface area (Å²) in [6.45, 7) is 6.53. The van der Waals surface area contributed by atoms with Gasteiger partial charge in [-0.3, -0.25) is 9.59 Å². The molecular formula is C29H33N3O4S. The first kappa shape index (κ1) is 26.6. The van der Waals surface area contributed by atoms with E-state index >= 15 is 0 Å². The Kier molecular flexibility index (Phi) is 7.52. The van der Waals surface area contributed by atoms with E-state index in [9.17, 15) is 18.0 Å². The summed E-state index contributed by atoms with van der Waals surface area (Å²) in [7, 11) is -3.24. The van der Waals surface area contributed by atoms with Crippen molar-refractivity contribution in [2.45, 2.75) is 40.0 Å². The van der Waals surface area contributed by atoms with Crippen molar-refractivity contribution in [1.29, 1.82) is 0 Å². The maximum atomic E-state index is 12.6. The van der Waals surface area contributed by atoms with Gasteiger partial charge in [0.15, 0.2) is 0 Å². The zero-order chi connectivity index (χ0) is 26.9. The van der Waals surface area contributed by atoms with Gasteiger partial charge in [0.05, 0.1) is 6.26 Å². The molecule has 194 valence electrons. The minimum absolute atomic E-state index is 0.133. The molecule has 2 amide bonds. The first-order valence-electron chi connectivity index (χ1n) is 12.4. The lowest BCUT2D eigenvalue weighted by Crippen LogP contribution is -2.34. The van der Waals surface area contributed by atoms with Crippen LogP contribution in [-0.4, -0.2) is 43.9 Å². The van der Waals surface area contributed by atoms with Gasteiger partial charge in [-0.2, -0.15) is 4.31 Å². The number of hydrogen-bond acceptors (Lipinski definition) is 4. The monoisotopic (exact) mass is 519 g/mol. The highest BCUT2D eigenvalue weighted by Crippen LogP contribution is 2.41. The number of sulfonamides is 1. The van der Waals surface area contributed by atoms with Crippen LogP contribution >= 0.6 is 0 Å². The highest BCUT2D eigenvalue weighted by atomic mass is 32.2. The number of nitrogens with zero attached hydrogens (tertiary/aromatic N) is 1. The molecule has 2 aromatic rings. The van der Waals surface area contributed by atoms with Crippen molar-refractivity contribution < 1.29 is 18.0 Å². The van der Waals surface area contributed by atoms with Crippen molar-refractivity contribution in [2.24, 2.45) is 5.73 Å². The fourth-order valence-corrected chi connectivity index (χ4v) is 5.80. The molecule has 0 bridgehead atoms. The highest BCUT2D eigenvalue weighted by Gasteiger charge is 2.27. The Balaban J connectivity index is 1.74. The Morgan fingerprint density at radius 1 is 1.14 bits per heavy atom. The van der Waals surface area contributed by atoms with Crippen LogP contribution in [0, 0.1) is 6.92 Å². The first-order chi connectivity index (χ1) is 17.5. The lowest BCUT2D eigenvalue weighted by Gasteiger charge is -2.24. The Morgan fingerprint density at radius 3 is 2.51 bits per heavy atom. The van der Waals surface area contributed by atoms with E-state index in [4.69, 9.17) is 5.73 Å². The average molecular weight is 520 g/mol. The zero-order valence-corrected chi connectivity index (χ0v) is 22.5. The van der Waals surface area contributed by atoms with Gasteiger partial charge >= 0.3 is 0 Å². The largest absolute Gasteiger partial charge is 0.366 e. The second-order valence-electron chi connectivity index (χ2n) is 9.59. The zero-order valence-electron chi connectivity index (χ0n) is 21.7. The number of benzene rings is 2. The van der Waals surface area contributed by atoms with E-state index in [0.717, 1.165) is 51.1 Å². The summed E-state index contributed by atoms with van der Waals surface area (Å²) in [5, 5.41) is 3.02. The molecule has 3 N–H and O–H groups in total. The van der Waals surface area contributed by atoms with Crippen LogP contribution in [0.15, 0.2) is 59.2 Å². The lowest BCUT2D eigenvalue weighted by atomic mass is 9.90. The van der Waals surface area contributed by atoms with E-state index < -0.39 is 15.9 Å². The summed E-state index contributed by atoms with van der Waals surface area (Å²) in [6, 6.07) is 9.49. The summed E-state index contributed by atoms with van der Waals surface area (Å²) >= 11 is 0. The molecule has 4 rings (SSSR count). The maximum Gasteiger partial charge on any atom is 0.250 e. The van der Waals surface area contributed by atoms with Gasteiger partial charge in [0.25, 0.3) is 5.91 Å². The summed E-state index contributed by atoms with van der Waals surface area (Å²) in [4.78, 5) is 24.9. The van der Waals surface area contributed by atoms with Crippen molar-refractivity contribution in [3.05, 3.63) is 81.5 Å². The van der Waals surface area contributed by atoms with Gasteiger partial charge in [0.1, 0.15) is 0 Å². The molecule has 0 saturated heterocycles. The number of carbonyl (C=O) groups excluding carboxylic acids is 2. The van der Waals surface area contributed by atoms with Crippen LogP contribution in [0.5, 0.6) is 0 Å². The van der Waals surface area contributed by atoms with Crippen LogP contribution in [0.3, 0.4) is 0 Å². The number of nitrogens with one attached hydrogen (secondary N) is 1. The third-order valence-corrected chi connectivity index (χ3v) is 8.37. The summed E-state index contributed by atoms with van der Waals surface area (Å²) in [5.41, 5.74) is 14.4. The maximum absolute atomic E-state index is 12.6. The number of allylic oxidation sites excluding steroid dienone is 2. The molecule has 1 aliphatic heterocycles. The van der Waals surface area contributed by atoms with Crippen molar-refractivity contribution in [1.82, 2.24) is 4.31 Å². The number of rotatable bonds is 7. The first-order valence-corrected chi connectivity index (χ1v) is 14.2. The highest BCUT2D eigenvalue weighted by molar-refractivity contribution is 7.88. The van der Waals surface area contributed by atoms with E-state index in [1.807, 2.05) is 50.3 Å². The van der Waals surface area contributed by atoms with Gasteiger partial charge in [-0.15, -0.1) is 0 Å².